The molecule has 0 radical (unpaired) electrons. The van der Waals surface area contributed by atoms with Gasteiger partial charge in [-0.25, -0.2) is 0 Å². The maximum Gasteiger partial charge on any atom is 0.482 e. The SMILES string of the molecule is Cc1ccc(NC(F)(F)F)c(CO)c1. The topological polar surface area (TPSA) is 32.3 Å². The summed E-state index contributed by atoms with van der Waals surface area (Å²) in [7, 11) is 0. The third-order valence-corrected chi connectivity index (χ3v) is 1.71. The molecule has 1 aromatic rings. The Morgan fingerprint density at radius 1 is 1.36 bits per heavy atom. The van der Waals surface area contributed by atoms with Gasteiger partial charge in [0.05, 0.1) is 6.61 Å². The van der Waals surface area contributed by atoms with Crippen LogP contribution in [0.2, 0.25) is 0 Å². The first-order valence-electron chi connectivity index (χ1n) is 3.97. The van der Waals surface area contributed by atoms with E-state index in [0.29, 0.717) is 0 Å². The van der Waals surface area contributed by atoms with Crippen molar-refractivity contribution in [1.82, 2.24) is 0 Å². The van der Waals surface area contributed by atoms with E-state index in [4.69, 9.17) is 5.11 Å². The molecule has 0 aliphatic rings. The van der Waals surface area contributed by atoms with Crippen LogP contribution in [0.5, 0.6) is 0 Å². The standard InChI is InChI=1S/C9H10F3NO/c1-6-2-3-8(7(4-6)5-14)13-9(10,11)12/h2-4,13-14H,5H2,1H3. The van der Waals surface area contributed by atoms with Crippen LogP contribution in [-0.4, -0.2) is 11.4 Å². The molecule has 5 heteroatoms. The molecule has 1 rings (SSSR count). The molecule has 0 saturated heterocycles. The number of aryl methyl sites for hydroxylation is 1. The van der Waals surface area contributed by atoms with Gasteiger partial charge in [0.2, 0.25) is 0 Å². The number of anilines is 1. The number of alkyl halides is 3. The molecule has 0 amide bonds. The summed E-state index contributed by atoms with van der Waals surface area (Å²) in [5, 5.41) is 10.2. The molecule has 0 unspecified atom stereocenters. The Kier molecular flexibility index (Phi) is 3.00. The largest absolute Gasteiger partial charge is 0.482 e. The fourth-order valence-corrected chi connectivity index (χ4v) is 1.13. The van der Waals surface area contributed by atoms with Gasteiger partial charge >= 0.3 is 6.30 Å². The molecule has 1 aromatic carbocycles. The molecule has 0 saturated carbocycles. The van der Waals surface area contributed by atoms with Crippen LogP contribution in [0.3, 0.4) is 0 Å². The minimum atomic E-state index is -4.47. The fraction of sp³-hybridized carbons (Fsp3) is 0.333. The summed E-state index contributed by atoms with van der Waals surface area (Å²) in [6.45, 7) is 1.33. The Hall–Kier alpha value is -1.23. The lowest BCUT2D eigenvalue weighted by atomic mass is 10.1. The van der Waals surface area contributed by atoms with Crippen molar-refractivity contribution < 1.29 is 18.3 Å². The Bertz CT molecular complexity index is 322. The van der Waals surface area contributed by atoms with Crippen LogP contribution in [0.25, 0.3) is 0 Å². The minimum absolute atomic E-state index is 0.106. The predicted molar refractivity (Wildman–Crippen MR) is 46.8 cm³/mol. The molecule has 0 aromatic heterocycles. The highest BCUT2D eigenvalue weighted by molar-refractivity contribution is 5.52. The second-order valence-electron chi connectivity index (χ2n) is 2.94. The lowest BCUT2D eigenvalue weighted by Crippen LogP contribution is -2.21. The van der Waals surface area contributed by atoms with Crippen LogP contribution < -0.4 is 5.32 Å². The molecule has 14 heavy (non-hydrogen) atoms. The van der Waals surface area contributed by atoms with E-state index in [2.05, 4.69) is 0 Å². The van der Waals surface area contributed by atoms with E-state index in [-0.39, 0.29) is 11.3 Å². The summed E-state index contributed by atoms with van der Waals surface area (Å²) < 4.78 is 35.9. The monoisotopic (exact) mass is 205 g/mol. The molecule has 78 valence electrons. The van der Waals surface area contributed by atoms with E-state index in [0.717, 1.165) is 5.56 Å². The molecule has 0 heterocycles. The van der Waals surface area contributed by atoms with E-state index in [1.54, 1.807) is 13.0 Å². The number of benzene rings is 1. The van der Waals surface area contributed by atoms with Gasteiger partial charge in [0.1, 0.15) is 0 Å². The lowest BCUT2D eigenvalue weighted by molar-refractivity contribution is -0.1000. The summed E-state index contributed by atoms with van der Waals surface area (Å²) in [6, 6.07) is 4.36. The van der Waals surface area contributed by atoms with Gasteiger partial charge in [-0.05, 0) is 13.0 Å². The van der Waals surface area contributed by atoms with Gasteiger partial charge in [0.25, 0.3) is 0 Å². The first-order chi connectivity index (χ1) is 6.42. The summed E-state index contributed by atoms with van der Waals surface area (Å²) in [6.07, 6.45) is -4.47. The average molecular weight is 205 g/mol. The Morgan fingerprint density at radius 2 is 2.00 bits per heavy atom. The van der Waals surface area contributed by atoms with Crippen molar-refractivity contribution in [3.63, 3.8) is 0 Å². The summed E-state index contributed by atoms with van der Waals surface area (Å²) >= 11 is 0. The van der Waals surface area contributed by atoms with Crippen LogP contribution in [-0.2, 0) is 6.61 Å². The van der Waals surface area contributed by atoms with Crippen molar-refractivity contribution in [2.75, 3.05) is 5.32 Å². The van der Waals surface area contributed by atoms with Crippen molar-refractivity contribution >= 4 is 5.69 Å². The van der Waals surface area contributed by atoms with Gasteiger partial charge in [-0.15, -0.1) is 0 Å². The summed E-state index contributed by atoms with van der Waals surface area (Å²) in [5.74, 6) is 0. The first-order valence-corrected chi connectivity index (χ1v) is 3.97. The molecule has 0 bridgehead atoms. The quantitative estimate of drug-likeness (QED) is 0.726. The van der Waals surface area contributed by atoms with E-state index in [1.165, 1.54) is 17.4 Å². The smallest absolute Gasteiger partial charge is 0.392 e. The number of hydrogen-bond acceptors (Lipinski definition) is 2. The highest BCUT2D eigenvalue weighted by atomic mass is 19.4. The molecule has 0 aliphatic heterocycles. The van der Waals surface area contributed by atoms with Crippen molar-refractivity contribution in [2.45, 2.75) is 19.8 Å². The highest BCUT2D eigenvalue weighted by Crippen LogP contribution is 2.24. The Balaban J connectivity index is 2.97. The van der Waals surface area contributed by atoms with Crippen LogP contribution in [0, 0.1) is 6.92 Å². The highest BCUT2D eigenvalue weighted by Gasteiger charge is 2.27. The zero-order valence-corrected chi connectivity index (χ0v) is 7.52. The van der Waals surface area contributed by atoms with Crippen molar-refractivity contribution in [3.05, 3.63) is 29.3 Å². The number of halogens is 3. The van der Waals surface area contributed by atoms with Gasteiger partial charge in [-0.1, -0.05) is 17.7 Å². The average Bonchev–Trinajstić information content (AvgIpc) is 2.06. The summed E-state index contributed by atoms with van der Waals surface area (Å²) in [5.41, 5.74) is 0.940. The number of hydrogen-bond donors (Lipinski definition) is 2. The Morgan fingerprint density at radius 3 is 2.50 bits per heavy atom. The van der Waals surface area contributed by atoms with Crippen molar-refractivity contribution in [3.8, 4) is 0 Å². The van der Waals surface area contributed by atoms with E-state index in [1.807, 2.05) is 0 Å². The van der Waals surface area contributed by atoms with Crippen LogP contribution in [0.4, 0.5) is 18.9 Å². The molecule has 0 fully saturated rings. The summed E-state index contributed by atoms with van der Waals surface area (Å²) in [4.78, 5) is 0. The molecule has 0 spiro atoms. The van der Waals surface area contributed by atoms with Gasteiger partial charge in [-0.3, -0.25) is 5.32 Å². The van der Waals surface area contributed by atoms with Gasteiger partial charge in [0, 0.05) is 11.3 Å². The number of aliphatic hydroxyl groups excluding tert-OH is 1. The number of rotatable bonds is 2. The van der Waals surface area contributed by atoms with Crippen LogP contribution >= 0.6 is 0 Å². The maximum atomic E-state index is 12.0. The van der Waals surface area contributed by atoms with Crippen LogP contribution in [0.1, 0.15) is 11.1 Å². The van der Waals surface area contributed by atoms with Gasteiger partial charge in [0.15, 0.2) is 0 Å². The molecule has 2 nitrogen and oxygen atoms in total. The van der Waals surface area contributed by atoms with Crippen molar-refractivity contribution in [1.29, 1.82) is 0 Å². The molecular formula is C9H10F3NO. The lowest BCUT2D eigenvalue weighted by Gasteiger charge is -2.13. The Labute approximate surface area is 79.4 Å². The number of aliphatic hydroxyl groups is 1. The van der Waals surface area contributed by atoms with E-state index < -0.39 is 12.9 Å². The van der Waals surface area contributed by atoms with E-state index >= 15 is 0 Å². The normalized spacial score (nSPS) is 11.5. The van der Waals surface area contributed by atoms with Crippen LogP contribution in [0.15, 0.2) is 18.2 Å². The molecule has 0 atom stereocenters. The number of nitrogens with one attached hydrogen (secondary N) is 1. The van der Waals surface area contributed by atoms with E-state index in [9.17, 15) is 13.2 Å². The molecule has 2 N–H and O–H groups in total. The zero-order chi connectivity index (χ0) is 10.8. The predicted octanol–water partition coefficient (Wildman–Crippen LogP) is 2.42. The molecule has 0 aliphatic carbocycles. The maximum absolute atomic E-state index is 12.0. The van der Waals surface area contributed by atoms with Crippen molar-refractivity contribution in [2.24, 2.45) is 0 Å². The van der Waals surface area contributed by atoms with Gasteiger partial charge < -0.3 is 5.11 Å². The second kappa shape index (κ2) is 3.88. The first kappa shape index (κ1) is 10.8. The third-order valence-electron chi connectivity index (χ3n) is 1.71. The third kappa shape index (κ3) is 2.92. The van der Waals surface area contributed by atoms with Gasteiger partial charge in [-0.2, -0.15) is 13.2 Å². The fourth-order valence-electron chi connectivity index (χ4n) is 1.13. The minimum Gasteiger partial charge on any atom is -0.392 e. The molecular weight excluding hydrogens is 195 g/mol. The zero-order valence-electron chi connectivity index (χ0n) is 7.52. The second-order valence-corrected chi connectivity index (χ2v) is 2.94.